The Morgan fingerprint density at radius 3 is 2.74 bits per heavy atom. The lowest BCUT2D eigenvalue weighted by atomic mass is 10.1. The van der Waals surface area contributed by atoms with Crippen LogP contribution in [-0.4, -0.2) is 22.6 Å². The number of carbonyl (C=O) groups is 1. The van der Waals surface area contributed by atoms with Gasteiger partial charge < -0.3 is 14.5 Å². The number of hydrogen-bond acceptors (Lipinski definition) is 5. The van der Waals surface area contributed by atoms with Gasteiger partial charge >= 0.3 is 5.69 Å². The van der Waals surface area contributed by atoms with E-state index in [1.54, 1.807) is 12.1 Å². The first kappa shape index (κ1) is 16.6. The van der Waals surface area contributed by atoms with E-state index in [4.69, 9.17) is 9.15 Å². The van der Waals surface area contributed by atoms with Crippen LogP contribution in [0.3, 0.4) is 0 Å². The Kier molecular flexibility index (Phi) is 4.00. The SMILES string of the molecule is COc1cc2c(cc1NC(=O)Cn1ccc(=O)[nH]c1=O)oc1ccccc12. The zero-order chi connectivity index (χ0) is 19.0. The van der Waals surface area contributed by atoms with Crippen LogP contribution in [0.25, 0.3) is 21.9 Å². The smallest absolute Gasteiger partial charge is 0.328 e. The van der Waals surface area contributed by atoms with Gasteiger partial charge in [0.2, 0.25) is 5.91 Å². The van der Waals surface area contributed by atoms with Gasteiger partial charge in [-0.1, -0.05) is 18.2 Å². The number of rotatable bonds is 4. The highest BCUT2D eigenvalue weighted by Gasteiger charge is 2.14. The summed E-state index contributed by atoms with van der Waals surface area (Å²) in [6, 6.07) is 12.3. The molecule has 0 saturated carbocycles. The molecule has 2 aromatic heterocycles. The number of fused-ring (bicyclic) bond motifs is 3. The number of para-hydroxylation sites is 1. The van der Waals surface area contributed by atoms with Crippen LogP contribution in [0.4, 0.5) is 5.69 Å². The van der Waals surface area contributed by atoms with Crippen LogP contribution in [0.2, 0.25) is 0 Å². The van der Waals surface area contributed by atoms with Crippen molar-refractivity contribution in [3.8, 4) is 5.75 Å². The highest BCUT2D eigenvalue weighted by molar-refractivity contribution is 6.07. The van der Waals surface area contributed by atoms with E-state index in [1.165, 1.54) is 19.4 Å². The van der Waals surface area contributed by atoms with Crippen molar-refractivity contribution in [3.63, 3.8) is 0 Å². The normalized spacial score (nSPS) is 11.0. The number of furan rings is 1. The monoisotopic (exact) mass is 365 g/mol. The van der Waals surface area contributed by atoms with Gasteiger partial charge in [-0.2, -0.15) is 0 Å². The zero-order valence-corrected chi connectivity index (χ0v) is 14.3. The highest BCUT2D eigenvalue weighted by Crippen LogP contribution is 2.36. The van der Waals surface area contributed by atoms with Gasteiger partial charge in [-0.15, -0.1) is 0 Å². The van der Waals surface area contributed by atoms with E-state index in [2.05, 4.69) is 10.3 Å². The van der Waals surface area contributed by atoms with Gasteiger partial charge in [0, 0.05) is 29.1 Å². The van der Waals surface area contributed by atoms with Gasteiger partial charge in [-0.25, -0.2) is 4.79 Å². The Morgan fingerprint density at radius 1 is 1.15 bits per heavy atom. The van der Waals surface area contributed by atoms with Gasteiger partial charge in [0.15, 0.2) is 0 Å². The van der Waals surface area contributed by atoms with E-state index in [-0.39, 0.29) is 6.54 Å². The van der Waals surface area contributed by atoms with Crippen LogP contribution in [0.1, 0.15) is 0 Å². The number of methoxy groups -OCH3 is 1. The molecule has 2 aromatic carbocycles. The van der Waals surface area contributed by atoms with Crippen molar-refractivity contribution < 1.29 is 13.9 Å². The fourth-order valence-electron chi connectivity index (χ4n) is 2.93. The summed E-state index contributed by atoms with van der Waals surface area (Å²) in [5.74, 6) is 0.0223. The molecule has 4 rings (SSSR count). The summed E-state index contributed by atoms with van der Waals surface area (Å²) in [6.45, 7) is -0.253. The van der Waals surface area contributed by atoms with Crippen LogP contribution in [0.5, 0.6) is 5.75 Å². The molecular formula is C19H15N3O5. The Morgan fingerprint density at radius 2 is 1.96 bits per heavy atom. The molecule has 27 heavy (non-hydrogen) atoms. The molecule has 0 spiro atoms. The minimum atomic E-state index is -0.655. The van der Waals surface area contributed by atoms with E-state index in [0.717, 1.165) is 20.9 Å². The quantitative estimate of drug-likeness (QED) is 0.576. The second kappa shape index (κ2) is 6.49. The third kappa shape index (κ3) is 3.08. The van der Waals surface area contributed by atoms with E-state index >= 15 is 0 Å². The molecule has 0 radical (unpaired) electrons. The Bertz CT molecular complexity index is 1280. The first-order valence-corrected chi connectivity index (χ1v) is 8.14. The minimum Gasteiger partial charge on any atom is -0.495 e. The number of aromatic amines is 1. The summed E-state index contributed by atoms with van der Waals surface area (Å²) in [6.07, 6.45) is 1.26. The molecule has 0 bridgehead atoms. The largest absolute Gasteiger partial charge is 0.495 e. The number of anilines is 1. The molecule has 2 heterocycles. The molecule has 0 atom stereocenters. The Labute approximate surface area is 152 Å². The number of ether oxygens (including phenoxy) is 1. The average molecular weight is 365 g/mol. The van der Waals surface area contributed by atoms with Crippen LogP contribution in [0, 0.1) is 0 Å². The zero-order valence-electron chi connectivity index (χ0n) is 14.3. The molecule has 0 fully saturated rings. The molecule has 0 saturated heterocycles. The second-order valence-corrected chi connectivity index (χ2v) is 5.93. The van der Waals surface area contributed by atoms with Crippen molar-refractivity contribution >= 4 is 33.5 Å². The first-order chi connectivity index (χ1) is 13.0. The lowest BCUT2D eigenvalue weighted by Crippen LogP contribution is -2.32. The molecule has 136 valence electrons. The number of carbonyl (C=O) groups excluding carboxylic acids is 1. The van der Waals surface area contributed by atoms with Crippen LogP contribution in [0.15, 0.2) is 62.7 Å². The number of nitrogens with one attached hydrogen (secondary N) is 2. The Balaban J connectivity index is 1.68. The van der Waals surface area contributed by atoms with Crippen molar-refractivity contribution in [2.45, 2.75) is 6.54 Å². The second-order valence-electron chi connectivity index (χ2n) is 5.93. The van der Waals surface area contributed by atoms with Crippen LogP contribution < -0.4 is 21.3 Å². The molecule has 2 N–H and O–H groups in total. The maximum Gasteiger partial charge on any atom is 0.328 e. The van der Waals surface area contributed by atoms with Gasteiger partial charge in [0.05, 0.1) is 12.8 Å². The van der Waals surface area contributed by atoms with Crippen LogP contribution >= 0.6 is 0 Å². The number of H-pyrrole nitrogens is 1. The summed E-state index contributed by atoms with van der Waals surface area (Å²) in [7, 11) is 1.51. The topological polar surface area (TPSA) is 106 Å². The molecule has 0 aliphatic heterocycles. The fraction of sp³-hybridized carbons (Fsp3) is 0.105. The fourth-order valence-corrected chi connectivity index (χ4v) is 2.93. The molecule has 4 aromatic rings. The van der Waals surface area contributed by atoms with Gasteiger partial charge in [0.1, 0.15) is 23.5 Å². The summed E-state index contributed by atoms with van der Waals surface area (Å²) in [4.78, 5) is 37.3. The van der Waals surface area contributed by atoms with Crippen molar-refractivity contribution in [3.05, 3.63) is 69.5 Å². The molecular weight excluding hydrogens is 350 g/mol. The van der Waals surface area contributed by atoms with E-state index in [9.17, 15) is 14.4 Å². The summed E-state index contributed by atoms with van der Waals surface area (Å²) >= 11 is 0. The molecule has 1 amide bonds. The number of amides is 1. The van der Waals surface area contributed by atoms with Crippen molar-refractivity contribution in [1.29, 1.82) is 0 Å². The molecule has 0 aliphatic rings. The number of nitrogens with zero attached hydrogens (tertiary/aromatic N) is 1. The summed E-state index contributed by atoms with van der Waals surface area (Å²) in [5, 5.41) is 4.53. The van der Waals surface area contributed by atoms with Gasteiger partial charge in [-0.05, 0) is 12.1 Å². The third-order valence-corrected chi connectivity index (χ3v) is 4.18. The van der Waals surface area contributed by atoms with E-state index in [0.29, 0.717) is 17.0 Å². The van der Waals surface area contributed by atoms with E-state index in [1.807, 2.05) is 24.3 Å². The van der Waals surface area contributed by atoms with Crippen molar-refractivity contribution in [2.75, 3.05) is 12.4 Å². The molecule has 0 unspecified atom stereocenters. The van der Waals surface area contributed by atoms with Crippen molar-refractivity contribution in [2.24, 2.45) is 0 Å². The number of hydrogen-bond donors (Lipinski definition) is 2. The summed E-state index contributed by atoms with van der Waals surface area (Å²) < 4.78 is 12.3. The number of benzene rings is 2. The maximum absolute atomic E-state index is 12.3. The molecule has 0 aliphatic carbocycles. The average Bonchev–Trinajstić information content (AvgIpc) is 3.00. The molecule has 8 nitrogen and oxygen atoms in total. The summed E-state index contributed by atoms with van der Waals surface area (Å²) in [5.41, 5.74) is 0.587. The third-order valence-electron chi connectivity index (χ3n) is 4.18. The van der Waals surface area contributed by atoms with Gasteiger partial charge in [-0.3, -0.25) is 19.1 Å². The van der Waals surface area contributed by atoms with Gasteiger partial charge in [0.25, 0.3) is 5.56 Å². The van der Waals surface area contributed by atoms with Crippen molar-refractivity contribution in [1.82, 2.24) is 9.55 Å². The maximum atomic E-state index is 12.3. The van der Waals surface area contributed by atoms with Crippen LogP contribution in [-0.2, 0) is 11.3 Å². The Hall–Kier alpha value is -3.81. The van der Waals surface area contributed by atoms with E-state index < -0.39 is 17.2 Å². The molecule has 8 heteroatoms. The first-order valence-electron chi connectivity index (χ1n) is 8.14. The predicted molar refractivity (Wildman–Crippen MR) is 100 cm³/mol. The lowest BCUT2D eigenvalue weighted by molar-refractivity contribution is -0.116. The standard InChI is InChI=1S/C19H15N3O5/c1-26-16-8-12-11-4-2-3-5-14(11)27-15(12)9-13(16)20-18(24)10-22-7-6-17(23)21-19(22)25/h2-9H,10H2,1H3,(H,20,24)(H,21,23,25). The minimum absolute atomic E-state index is 0.253. The predicted octanol–water partition coefficient (Wildman–Crippen LogP) is 2.08. The highest BCUT2D eigenvalue weighted by atomic mass is 16.5. The lowest BCUT2D eigenvalue weighted by Gasteiger charge is -2.11. The number of aromatic nitrogens is 2.